The van der Waals surface area contributed by atoms with E-state index in [-0.39, 0.29) is 17.4 Å². The maximum absolute atomic E-state index is 13.8. The van der Waals surface area contributed by atoms with Gasteiger partial charge in [-0.15, -0.1) is 0 Å². The van der Waals surface area contributed by atoms with E-state index in [4.69, 9.17) is 4.74 Å². The van der Waals surface area contributed by atoms with E-state index >= 15 is 0 Å². The molecule has 4 nitrogen and oxygen atoms in total. The Morgan fingerprint density at radius 3 is 2.70 bits per heavy atom. The Morgan fingerprint density at radius 1 is 1.35 bits per heavy atom. The lowest BCUT2D eigenvalue weighted by Gasteiger charge is -2.17. The van der Waals surface area contributed by atoms with Gasteiger partial charge in [0.25, 0.3) is 0 Å². The number of benzene rings is 2. The molecule has 0 spiro atoms. The summed E-state index contributed by atoms with van der Waals surface area (Å²) in [7, 11) is 1.43. The van der Waals surface area contributed by atoms with Crippen molar-refractivity contribution in [3.8, 4) is 5.75 Å². The van der Waals surface area contributed by atoms with Crippen LogP contribution in [0, 0.1) is 12.7 Å². The highest BCUT2D eigenvalue weighted by molar-refractivity contribution is 5.91. The van der Waals surface area contributed by atoms with Gasteiger partial charge in [-0.1, -0.05) is 18.2 Å². The Labute approximate surface area is 134 Å². The first-order valence-corrected chi connectivity index (χ1v) is 7.32. The minimum atomic E-state index is -1.04. The van der Waals surface area contributed by atoms with Gasteiger partial charge in [0, 0.05) is 18.2 Å². The molecule has 0 amide bonds. The van der Waals surface area contributed by atoms with E-state index in [2.05, 4.69) is 5.32 Å². The third-order valence-electron chi connectivity index (χ3n) is 3.89. The molecular weight excluding hydrogens is 297 g/mol. The molecule has 1 atom stereocenters. The number of aryl methyl sites for hydroxylation is 1. The number of nitrogens with one attached hydrogen (secondary N) is 1. The molecule has 2 rings (SSSR count). The van der Waals surface area contributed by atoms with Crippen LogP contribution in [0.1, 0.15) is 40.0 Å². The van der Waals surface area contributed by atoms with Gasteiger partial charge in [-0.3, -0.25) is 0 Å². The van der Waals surface area contributed by atoms with Crippen molar-refractivity contribution in [1.29, 1.82) is 0 Å². The highest BCUT2D eigenvalue weighted by atomic mass is 19.1. The fourth-order valence-electron chi connectivity index (χ4n) is 2.43. The quantitative estimate of drug-likeness (QED) is 0.853. The van der Waals surface area contributed by atoms with Crippen LogP contribution in [0.15, 0.2) is 36.4 Å². The van der Waals surface area contributed by atoms with Crippen LogP contribution in [-0.2, 0) is 6.54 Å². The van der Waals surface area contributed by atoms with Gasteiger partial charge in [0.1, 0.15) is 17.1 Å². The number of aromatic carboxylic acids is 1. The predicted octanol–water partition coefficient (Wildman–Crippen LogP) is 3.69. The van der Waals surface area contributed by atoms with Gasteiger partial charge in [0.05, 0.1) is 7.11 Å². The summed E-state index contributed by atoms with van der Waals surface area (Å²) in [6.07, 6.45) is 0. The van der Waals surface area contributed by atoms with Crippen molar-refractivity contribution < 1.29 is 19.0 Å². The zero-order valence-corrected chi connectivity index (χ0v) is 13.4. The first-order chi connectivity index (χ1) is 10.9. The summed E-state index contributed by atoms with van der Waals surface area (Å²) < 4.78 is 18.9. The Hall–Kier alpha value is -2.40. The highest BCUT2D eigenvalue weighted by Crippen LogP contribution is 2.24. The highest BCUT2D eigenvalue weighted by Gasteiger charge is 2.15. The molecule has 0 aliphatic carbocycles. The second-order valence-electron chi connectivity index (χ2n) is 5.40. The average molecular weight is 317 g/mol. The Bertz CT molecular complexity index is 695. The van der Waals surface area contributed by atoms with Crippen molar-refractivity contribution in [3.63, 3.8) is 0 Å². The monoisotopic (exact) mass is 317 g/mol. The molecule has 122 valence electrons. The molecule has 0 saturated heterocycles. The molecule has 5 heteroatoms. The Morgan fingerprint density at radius 2 is 2.09 bits per heavy atom. The first-order valence-electron chi connectivity index (χ1n) is 7.32. The molecule has 0 fully saturated rings. The number of carboxylic acids is 1. The van der Waals surface area contributed by atoms with E-state index in [9.17, 15) is 14.3 Å². The van der Waals surface area contributed by atoms with Crippen molar-refractivity contribution in [1.82, 2.24) is 5.32 Å². The van der Waals surface area contributed by atoms with Crippen LogP contribution >= 0.6 is 0 Å². The van der Waals surface area contributed by atoms with Gasteiger partial charge in [-0.2, -0.15) is 0 Å². The minimum absolute atomic E-state index is 0.112. The zero-order valence-electron chi connectivity index (χ0n) is 13.4. The molecule has 0 unspecified atom stereocenters. The van der Waals surface area contributed by atoms with E-state index in [1.54, 1.807) is 24.3 Å². The molecule has 2 aromatic rings. The van der Waals surface area contributed by atoms with Crippen molar-refractivity contribution >= 4 is 5.97 Å². The van der Waals surface area contributed by atoms with E-state index in [1.165, 1.54) is 13.2 Å². The van der Waals surface area contributed by atoms with Crippen LogP contribution in [0.4, 0.5) is 4.39 Å². The van der Waals surface area contributed by atoms with Crippen molar-refractivity contribution in [2.45, 2.75) is 26.4 Å². The number of carboxylic acid groups (broad SMARTS) is 1. The molecule has 0 aromatic heterocycles. The molecule has 0 radical (unpaired) electrons. The second kappa shape index (κ2) is 7.24. The lowest BCUT2D eigenvalue weighted by Crippen LogP contribution is -2.20. The van der Waals surface area contributed by atoms with Gasteiger partial charge in [-0.05, 0) is 43.2 Å². The number of ether oxygens (including phenoxy) is 1. The summed E-state index contributed by atoms with van der Waals surface area (Å²) in [4.78, 5) is 11.3. The molecule has 23 heavy (non-hydrogen) atoms. The van der Waals surface area contributed by atoms with Gasteiger partial charge < -0.3 is 15.2 Å². The topological polar surface area (TPSA) is 58.6 Å². The zero-order chi connectivity index (χ0) is 17.0. The number of hydrogen-bond donors (Lipinski definition) is 2. The largest absolute Gasteiger partial charge is 0.496 e. The average Bonchev–Trinajstić information content (AvgIpc) is 2.53. The Kier molecular flexibility index (Phi) is 5.34. The maximum Gasteiger partial charge on any atom is 0.339 e. The summed E-state index contributed by atoms with van der Waals surface area (Å²) in [6.45, 7) is 4.14. The molecule has 0 bridgehead atoms. The van der Waals surface area contributed by atoms with Crippen molar-refractivity contribution in [2.24, 2.45) is 0 Å². The van der Waals surface area contributed by atoms with Crippen LogP contribution in [0.25, 0.3) is 0 Å². The van der Waals surface area contributed by atoms with Crippen molar-refractivity contribution in [2.75, 3.05) is 7.11 Å². The number of methoxy groups -OCH3 is 1. The maximum atomic E-state index is 13.8. The van der Waals surface area contributed by atoms with Crippen LogP contribution in [-0.4, -0.2) is 18.2 Å². The van der Waals surface area contributed by atoms with Crippen LogP contribution in [0.5, 0.6) is 5.75 Å². The fraction of sp³-hybridized carbons (Fsp3) is 0.278. The molecule has 0 aliphatic heterocycles. The third kappa shape index (κ3) is 3.87. The standard InChI is InChI=1S/C18H20FNO3/c1-11-5-4-6-16(19)15(11)10-20-12(2)13-7-8-17(23-3)14(9-13)18(21)22/h4-9,12,20H,10H2,1-3H3,(H,21,22)/t12-/m0/s1. The van der Waals surface area contributed by atoms with Crippen LogP contribution in [0.3, 0.4) is 0 Å². The normalized spacial score (nSPS) is 12.0. The summed E-state index contributed by atoms with van der Waals surface area (Å²) >= 11 is 0. The van der Waals surface area contributed by atoms with E-state index in [1.807, 2.05) is 19.9 Å². The number of rotatable bonds is 6. The number of halogens is 1. The summed E-state index contributed by atoms with van der Waals surface area (Å²) in [5, 5.41) is 12.5. The molecule has 0 saturated carbocycles. The smallest absolute Gasteiger partial charge is 0.339 e. The third-order valence-corrected chi connectivity index (χ3v) is 3.89. The van der Waals surface area contributed by atoms with Crippen molar-refractivity contribution in [3.05, 3.63) is 64.5 Å². The fourth-order valence-corrected chi connectivity index (χ4v) is 2.43. The summed E-state index contributed by atoms with van der Waals surface area (Å²) in [5.74, 6) is -0.968. The minimum Gasteiger partial charge on any atom is -0.496 e. The lowest BCUT2D eigenvalue weighted by atomic mass is 10.0. The van der Waals surface area contributed by atoms with E-state index < -0.39 is 5.97 Å². The van der Waals surface area contributed by atoms with Gasteiger partial charge in [0.2, 0.25) is 0 Å². The van der Waals surface area contributed by atoms with Crippen LogP contribution in [0.2, 0.25) is 0 Å². The summed E-state index contributed by atoms with van der Waals surface area (Å²) in [6, 6.07) is 9.86. The van der Waals surface area contributed by atoms with Gasteiger partial charge in [0.15, 0.2) is 0 Å². The first kappa shape index (κ1) is 17.0. The predicted molar refractivity (Wildman–Crippen MR) is 86.3 cm³/mol. The molecule has 0 aliphatic rings. The molecular formula is C18H20FNO3. The summed E-state index contributed by atoms with van der Waals surface area (Å²) in [5.41, 5.74) is 2.41. The Balaban J connectivity index is 2.16. The number of hydrogen-bond acceptors (Lipinski definition) is 3. The second-order valence-corrected chi connectivity index (χ2v) is 5.40. The molecule has 2 N–H and O–H groups in total. The van der Waals surface area contributed by atoms with Gasteiger partial charge >= 0.3 is 5.97 Å². The van der Waals surface area contributed by atoms with Crippen LogP contribution < -0.4 is 10.1 Å². The molecule has 2 aromatic carbocycles. The molecule has 0 heterocycles. The van der Waals surface area contributed by atoms with E-state index in [0.29, 0.717) is 17.9 Å². The van der Waals surface area contributed by atoms with Gasteiger partial charge in [-0.25, -0.2) is 9.18 Å². The number of carbonyl (C=O) groups is 1. The SMILES string of the molecule is COc1ccc([C@H](C)NCc2c(C)cccc2F)cc1C(=O)O. The lowest BCUT2D eigenvalue weighted by molar-refractivity contribution is 0.0693. The van der Waals surface area contributed by atoms with E-state index in [0.717, 1.165) is 11.1 Å².